The summed E-state index contributed by atoms with van der Waals surface area (Å²) in [5, 5.41) is 7.07. The summed E-state index contributed by atoms with van der Waals surface area (Å²) in [6, 6.07) is 14.6. The molecule has 3 aromatic rings. The highest BCUT2D eigenvalue weighted by Crippen LogP contribution is 2.15. The lowest BCUT2D eigenvalue weighted by molar-refractivity contribution is -0.113. The van der Waals surface area contributed by atoms with E-state index in [9.17, 15) is 9.59 Å². The number of amides is 1. The number of nitrogens with one attached hydrogen (secondary N) is 1. The summed E-state index contributed by atoms with van der Waals surface area (Å²) in [5.74, 6) is 0.515. The third-order valence-corrected chi connectivity index (χ3v) is 4.66. The number of hydrogen-bond acceptors (Lipinski definition) is 6. The average molecular weight is 396 g/mol. The Balaban J connectivity index is 1.51. The van der Waals surface area contributed by atoms with Gasteiger partial charge in [0.05, 0.1) is 23.7 Å². The fourth-order valence-corrected chi connectivity index (χ4v) is 3.15. The van der Waals surface area contributed by atoms with Gasteiger partial charge >= 0.3 is 5.97 Å². The number of nitrogens with zero attached hydrogens (tertiary/aromatic N) is 3. The molecule has 2 heterocycles. The van der Waals surface area contributed by atoms with Crippen molar-refractivity contribution in [1.82, 2.24) is 14.8 Å². The quantitative estimate of drug-likeness (QED) is 0.588. The first-order chi connectivity index (χ1) is 13.7. The Hall–Kier alpha value is -3.13. The monoisotopic (exact) mass is 396 g/mol. The van der Waals surface area contributed by atoms with E-state index in [0.29, 0.717) is 23.8 Å². The Morgan fingerprint density at radius 3 is 2.68 bits per heavy atom. The highest BCUT2D eigenvalue weighted by atomic mass is 32.2. The van der Waals surface area contributed by atoms with Gasteiger partial charge in [0.15, 0.2) is 5.69 Å². The van der Waals surface area contributed by atoms with Crippen LogP contribution in [0.4, 0.5) is 5.69 Å². The minimum Gasteiger partial charge on any atom is -0.461 e. The number of rotatable bonds is 8. The van der Waals surface area contributed by atoms with E-state index in [2.05, 4.69) is 15.4 Å². The van der Waals surface area contributed by atoms with Gasteiger partial charge in [-0.3, -0.25) is 9.78 Å². The molecule has 0 fully saturated rings. The Morgan fingerprint density at radius 1 is 1.14 bits per heavy atom. The molecule has 0 saturated heterocycles. The molecule has 8 heteroatoms. The number of benzene rings is 1. The van der Waals surface area contributed by atoms with E-state index in [1.807, 2.05) is 30.3 Å². The number of ether oxygens (including phenoxy) is 1. The molecule has 0 aliphatic rings. The molecule has 1 amide bonds. The number of esters is 1. The second-order valence-electron chi connectivity index (χ2n) is 5.77. The number of pyridine rings is 1. The van der Waals surface area contributed by atoms with Crippen LogP contribution in [0.25, 0.3) is 5.69 Å². The van der Waals surface area contributed by atoms with Crippen LogP contribution in [0.2, 0.25) is 0 Å². The van der Waals surface area contributed by atoms with Crippen LogP contribution in [0.3, 0.4) is 0 Å². The number of hydrogen-bond donors (Lipinski definition) is 1. The minimum absolute atomic E-state index is 0.0719. The summed E-state index contributed by atoms with van der Waals surface area (Å²) in [4.78, 5) is 28.0. The summed E-state index contributed by atoms with van der Waals surface area (Å²) in [6.07, 6.45) is 3.43. The van der Waals surface area contributed by atoms with Crippen LogP contribution in [-0.4, -0.2) is 39.0 Å². The third kappa shape index (κ3) is 5.43. The normalized spacial score (nSPS) is 10.5. The van der Waals surface area contributed by atoms with Crippen molar-refractivity contribution in [2.45, 2.75) is 12.7 Å². The molecule has 0 aliphatic carbocycles. The zero-order valence-corrected chi connectivity index (χ0v) is 16.2. The second kappa shape index (κ2) is 9.70. The SMILES string of the molecule is CCOC(=O)c1ccn(-c2ccc(NC(=O)CSCc3ccccn3)cc2)n1. The van der Waals surface area contributed by atoms with Crippen molar-refractivity contribution < 1.29 is 14.3 Å². The van der Waals surface area contributed by atoms with Crippen molar-refractivity contribution >= 4 is 29.3 Å². The van der Waals surface area contributed by atoms with E-state index >= 15 is 0 Å². The van der Waals surface area contributed by atoms with Gasteiger partial charge in [0.1, 0.15) is 0 Å². The molecule has 0 saturated carbocycles. The van der Waals surface area contributed by atoms with Crippen molar-refractivity contribution in [3.05, 3.63) is 72.3 Å². The molecule has 2 aromatic heterocycles. The van der Waals surface area contributed by atoms with E-state index in [4.69, 9.17) is 4.74 Å². The first-order valence-electron chi connectivity index (χ1n) is 8.76. The summed E-state index contributed by atoms with van der Waals surface area (Å²) in [5.41, 5.74) is 2.68. The molecule has 3 rings (SSSR count). The lowest BCUT2D eigenvalue weighted by atomic mass is 10.3. The predicted octanol–water partition coefficient (Wildman–Crippen LogP) is 3.32. The number of anilines is 1. The molecule has 144 valence electrons. The van der Waals surface area contributed by atoms with Crippen LogP contribution in [0, 0.1) is 0 Å². The van der Waals surface area contributed by atoms with Gasteiger partial charge < -0.3 is 10.1 Å². The fourth-order valence-electron chi connectivity index (χ4n) is 2.41. The van der Waals surface area contributed by atoms with Gasteiger partial charge in [-0.05, 0) is 49.4 Å². The molecule has 0 unspecified atom stereocenters. The van der Waals surface area contributed by atoms with Gasteiger partial charge in [-0.2, -0.15) is 5.10 Å². The molecule has 0 spiro atoms. The molecule has 0 atom stereocenters. The van der Waals surface area contributed by atoms with E-state index < -0.39 is 5.97 Å². The fraction of sp³-hybridized carbons (Fsp3) is 0.200. The van der Waals surface area contributed by atoms with Gasteiger partial charge in [0.2, 0.25) is 5.91 Å². The van der Waals surface area contributed by atoms with E-state index in [0.717, 1.165) is 11.4 Å². The maximum Gasteiger partial charge on any atom is 0.358 e. The van der Waals surface area contributed by atoms with Gasteiger partial charge in [-0.25, -0.2) is 9.48 Å². The van der Waals surface area contributed by atoms with Gasteiger partial charge in [-0.15, -0.1) is 11.8 Å². The van der Waals surface area contributed by atoms with Gasteiger partial charge in [0, 0.05) is 23.8 Å². The first kappa shape index (κ1) is 19.6. The molecular formula is C20H20N4O3S. The molecule has 0 bridgehead atoms. The van der Waals surface area contributed by atoms with E-state index in [1.165, 1.54) is 11.8 Å². The zero-order chi connectivity index (χ0) is 19.8. The van der Waals surface area contributed by atoms with Crippen LogP contribution in [-0.2, 0) is 15.3 Å². The summed E-state index contributed by atoms with van der Waals surface area (Å²) in [6.45, 7) is 2.05. The Bertz CT molecular complexity index is 926. The Kier molecular flexibility index (Phi) is 6.80. The van der Waals surface area contributed by atoms with Crippen molar-refractivity contribution in [3.8, 4) is 5.69 Å². The largest absolute Gasteiger partial charge is 0.461 e. The lowest BCUT2D eigenvalue weighted by Crippen LogP contribution is -2.14. The molecule has 28 heavy (non-hydrogen) atoms. The smallest absolute Gasteiger partial charge is 0.358 e. The van der Waals surface area contributed by atoms with Crippen molar-refractivity contribution in [3.63, 3.8) is 0 Å². The first-order valence-corrected chi connectivity index (χ1v) is 9.92. The number of thioether (sulfide) groups is 1. The molecule has 1 N–H and O–H groups in total. The van der Waals surface area contributed by atoms with E-state index in [-0.39, 0.29) is 11.6 Å². The van der Waals surface area contributed by atoms with Crippen LogP contribution < -0.4 is 5.32 Å². The van der Waals surface area contributed by atoms with Gasteiger partial charge in [-0.1, -0.05) is 6.07 Å². The van der Waals surface area contributed by atoms with Crippen molar-refractivity contribution in [2.24, 2.45) is 0 Å². The molecule has 1 aromatic carbocycles. The maximum atomic E-state index is 12.1. The molecular weight excluding hydrogens is 376 g/mol. The zero-order valence-electron chi connectivity index (χ0n) is 15.4. The highest BCUT2D eigenvalue weighted by Gasteiger charge is 2.11. The molecule has 0 aliphatic heterocycles. The predicted molar refractivity (Wildman–Crippen MR) is 109 cm³/mol. The lowest BCUT2D eigenvalue weighted by Gasteiger charge is -2.07. The molecule has 7 nitrogen and oxygen atoms in total. The number of carbonyl (C=O) groups is 2. The maximum absolute atomic E-state index is 12.1. The van der Waals surface area contributed by atoms with E-state index in [1.54, 1.807) is 42.2 Å². The summed E-state index contributed by atoms with van der Waals surface area (Å²) >= 11 is 1.51. The summed E-state index contributed by atoms with van der Waals surface area (Å²) < 4.78 is 6.52. The topological polar surface area (TPSA) is 86.1 Å². The van der Waals surface area contributed by atoms with Crippen LogP contribution in [0.1, 0.15) is 23.1 Å². The Labute approximate surface area is 167 Å². The van der Waals surface area contributed by atoms with Crippen molar-refractivity contribution in [2.75, 3.05) is 17.7 Å². The van der Waals surface area contributed by atoms with Crippen LogP contribution in [0.5, 0.6) is 0 Å². The highest BCUT2D eigenvalue weighted by molar-refractivity contribution is 7.99. The standard InChI is InChI=1S/C20H20N4O3S/c1-2-27-20(26)18-10-12-24(23-18)17-8-6-15(7-9-17)22-19(25)14-28-13-16-5-3-4-11-21-16/h3-12H,2,13-14H2,1H3,(H,22,25). The molecule has 0 radical (unpaired) electrons. The minimum atomic E-state index is -0.451. The van der Waals surface area contributed by atoms with Crippen molar-refractivity contribution in [1.29, 1.82) is 0 Å². The van der Waals surface area contributed by atoms with Gasteiger partial charge in [0.25, 0.3) is 0 Å². The second-order valence-corrected chi connectivity index (χ2v) is 6.76. The third-order valence-electron chi connectivity index (χ3n) is 3.70. The Morgan fingerprint density at radius 2 is 1.96 bits per heavy atom. The number of aromatic nitrogens is 3. The average Bonchev–Trinajstić information content (AvgIpc) is 3.20. The number of carbonyl (C=O) groups excluding carboxylic acids is 2. The summed E-state index contributed by atoms with van der Waals surface area (Å²) in [7, 11) is 0. The van der Waals surface area contributed by atoms with Crippen LogP contribution >= 0.6 is 11.8 Å². The van der Waals surface area contributed by atoms with Crippen LogP contribution in [0.15, 0.2) is 60.9 Å².